The van der Waals surface area contributed by atoms with E-state index in [0.717, 1.165) is 29.7 Å². The van der Waals surface area contributed by atoms with Crippen LogP contribution in [-0.4, -0.2) is 19.1 Å². The van der Waals surface area contributed by atoms with Gasteiger partial charge in [0.05, 0.1) is 6.61 Å². The zero-order chi connectivity index (χ0) is 20.0. The van der Waals surface area contributed by atoms with Gasteiger partial charge in [-0.1, -0.05) is 68.7 Å². The highest BCUT2D eigenvalue weighted by Gasteiger charge is 2.08. The molecule has 1 N–H and O–H groups in total. The summed E-state index contributed by atoms with van der Waals surface area (Å²) < 4.78 is 5.72. The fraction of sp³-hybridized carbons (Fsp3) is 0.333. The average molecular weight is 377 g/mol. The maximum absolute atomic E-state index is 12.2. The number of amides is 1. The largest absolute Gasteiger partial charge is 0.494 e. The molecule has 0 saturated heterocycles. The summed E-state index contributed by atoms with van der Waals surface area (Å²) in [5, 5.41) is 12.1. The third-order valence-electron chi connectivity index (χ3n) is 4.36. The van der Waals surface area contributed by atoms with Crippen LogP contribution >= 0.6 is 0 Å². The van der Waals surface area contributed by atoms with Crippen LogP contribution in [-0.2, 0) is 11.2 Å². The molecule has 0 atom stereocenters. The van der Waals surface area contributed by atoms with E-state index >= 15 is 0 Å². The Hall–Kier alpha value is -3.06. The third kappa shape index (κ3) is 7.67. The van der Waals surface area contributed by atoms with E-state index in [1.54, 1.807) is 6.08 Å². The number of nitrogens with one attached hydrogen (secondary N) is 1. The molecular weight excluding hydrogens is 348 g/mol. The van der Waals surface area contributed by atoms with Crippen molar-refractivity contribution < 1.29 is 9.53 Å². The number of unbranched alkanes of at least 4 members (excludes halogenated alkanes) is 3. The summed E-state index contributed by atoms with van der Waals surface area (Å²) in [6.45, 7) is 3.39. The van der Waals surface area contributed by atoms with Crippen LogP contribution in [0.15, 0.2) is 60.2 Å². The summed E-state index contributed by atoms with van der Waals surface area (Å²) in [6, 6.07) is 19.4. The molecule has 0 bridgehead atoms. The molecule has 4 heteroatoms. The molecule has 2 rings (SSSR count). The topological polar surface area (TPSA) is 62.1 Å². The standard InChI is InChI=1S/C24H28N2O2/c1-2-3-4-8-17-28-23-13-11-21(12-14-23)18-22(19-25)24(27)26-16-15-20-9-6-5-7-10-20/h5-7,9-14,18H,2-4,8,15-17H2,1H3,(H,26,27)/b22-18-. The van der Waals surface area contributed by atoms with Gasteiger partial charge < -0.3 is 10.1 Å². The lowest BCUT2D eigenvalue weighted by molar-refractivity contribution is -0.117. The second-order valence-corrected chi connectivity index (χ2v) is 6.64. The highest BCUT2D eigenvalue weighted by molar-refractivity contribution is 6.01. The predicted octanol–water partition coefficient (Wildman–Crippen LogP) is 4.91. The molecule has 4 nitrogen and oxygen atoms in total. The van der Waals surface area contributed by atoms with Crippen LogP contribution in [0.1, 0.15) is 43.7 Å². The number of nitriles is 1. The number of carbonyl (C=O) groups excluding carboxylic acids is 1. The van der Waals surface area contributed by atoms with Crippen molar-refractivity contribution in [3.05, 3.63) is 71.3 Å². The smallest absolute Gasteiger partial charge is 0.261 e. The molecule has 0 radical (unpaired) electrons. The zero-order valence-corrected chi connectivity index (χ0v) is 16.5. The van der Waals surface area contributed by atoms with E-state index in [-0.39, 0.29) is 11.5 Å². The van der Waals surface area contributed by atoms with Crippen molar-refractivity contribution in [2.75, 3.05) is 13.2 Å². The van der Waals surface area contributed by atoms with Crippen molar-refractivity contribution in [3.63, 3.8) is 0 Å². The fourth-order valence-electron chi connectivity index (χ4n) is 2.75. The molecule has 2 aromatic rings. The van der Waals surface area contributed by atoms with Crippen molar-refractivity contribution in [3.8, 4) is 11.8 Å². The molecule has 28 heavy (non-hydrogen) atoms. The number of carbonyl (C=O) groups is 1. The van der Waals surface area contributed by atoms with Crippen molar-refractivity contribution in [1.29, 1.82) is 5.26 Å². The van der Waals surface area contributed by atoms with Gasteiger partial charge in [0.25, 0.3) is 5.91 Å². The van der Waals surface area contributed by atoms with Gasteiger partial charge >= 0.3 is 0 Å². The molecule has 0 saturated carbocycles. The van der Waals surface area contributed by atoms with Gasteiger partial charge in [-0.3, -0.25) is 4.79 Å². The summed E-state index contributed by atoms with van der Waals surface area (Å²) in [7, 11) is 0. The minimum absolute atomic E-state index is 0.0984. The van der Waals surface area contributed by atoms with E-state index in [0.29, 0.717) is 13.2 Å². The molecule has 1 amide bonds. The lowest BCUT2D eigenvalue weighted by Gasteiger charge is -2.07. The van der Waals surface area contributed by atoms with E-state index in [1.165, 1.54) is 19.3 Å². The Kier molecular flexibility index (Phi) is 9.37. The normalized spacial score (nSPS) is 10.9. The van der Waals surface area contributed by atoms with Crippen LogP contribution in [0, 0.1) is 11.3 Å². The number of benzene rings is 2. The molecular formula is C24H28N2O2. The Bertz CT molecular complexity index is 790. The molecule has 0 spiro atoms. The lowest BCUT2D eigenvalue weighted by Crippen LogP contribution is -2.26. The molecule has 0 fully saturated rings. The first-order valence-corrected chi connectivity index (χ1v) is 9.89. The molecule has 0 heterocycles. The van der Waals surface area contributed by atoms with Gasteiger partial charge in [0.1, 0.15) is 17.4 Å². The quantitative estimate of drug-likeness (QED) is 0.344. The molecule has 0 aromatic heterocycles. The monoisotopic (exact) mass is 376 g/mol. The molecule has 2 aromatic carbocycles. The summed E-state index contributed by atoms with van der Waals surface area (Å²) in [6.07, 6.45) is 7.01. The average Bonchev–Trinajstić information content (AvgIpc) is 2.73. The van der Waals surface area contributed by atoms with Crippen LogP contribution in [0.5, 0.6) is 5.75 Å². The second-order valence-electron chi connectivity index (χ2n) is 6.64. The summed E-state index contributed by atoms with van der Waals surface area (Å²) in [4.78, 5) is 12.2. The summed E-state index contributed by atoms with van der Waals surface area (Å²) >= 11 is 0. The van der Waals surface area contributed by atoms with Crippen molar-refractivity contribution in [2.24, 2.45) is 0 Å². The Labute approximate surface area is 167 Å². The van der Waals surface area contributed by atoms with Crippen molar-refractivity contribution in [2.45, 2.75) is 39.0 Å². The first kappa shape index (κ1) is 21.2. The maximum atomic E-state index is 12.2. The highest BCUT2D eigenvalue weighted by Crippen LogP contribution is 2.15. The Morgan fingerprint density at radius 2 is 1.82 bits per heavy atom. The van der Waals surface area contributed by atoms with Crippen LogP contribution < -0.4 is 10.1 Å². The van der Waals surface area contributed by atoms with E-state index < -0.39 is 0 Å². The summed E-state index contributed by atoms with van der Waals surface area (Å²) in [5.74, 6) is 0.453. The third-order valence-corrected chi connectivity index (χ3v) is 4.36. The number of hydrogen-bond acceptors (Lipinski definition) is 3. The van der Waals surface area contributed by atoms with Crippen LogP contribution in [0.4, 0.5) is 0 Å². The molecule has 0 aliphatic heterocycles. The zero-order valence-electron chi connectivity index (χ0n) is 16.5. The van der Waals surface area contributed by atoms with E-state index in [9.17, 15) is 10.1 Å². The number of rotatable bonds is 11. The van der Waals surface area contributed by atoms with Gasteiger partial charge in [-0.25, -0.2) is 0 Å². The molecule has 0 aliphatic rings. The highest BCUT2D eigenvalue weighted by atomic mass is 16.5. The predicted molar refractivity (Wildman–Crippen MR) is 113 cm³/mol. The van der Waals surface area contributed by atoms with Crippen LogP contribution in [0.2, 0.25) is 0 Å². The van der Waals surface area contributed by atoms with E-state index in [1.807, 2.05) is 60.7 Å². The van der Waals surface area contributed by atoms with E-state index in [2.05, 4.69) is 12.2 Å². The van der Waals surface area contributed by atoms with Crippen LogP contribution in [0.25, 0.3) is 6.08 Å². The minimum atomic E-state index is -0.352. The second kappa shape index (κ2) is 12.3. The SMILES string of the molecule is CCCCCCOc1ccc(/C=C(/C#N)C(=O)NCCc2ccccc2)cc1. The molecule has 146 valence electrons. The van der Waals surface area contributed by atoms with Gasteiger partial charge in [0, 0.05) is 6.54 Å². The Morgan fingerprint density at radius 1 is 1.07 bits per heavy atom. The Morgan fingerprint density at radius 3 is 2.50 bits per heavy atom. The van der Waals surface area contributed by atoms with E-state index in [4.69, 9.17) is 4.74 Å². The number of ether oxygens (including phenoxy) is 1. The fourth-order valence-corrected chi connectivity index (χ4v) is 2.75. The van der Waals surface area contributed by atoms with Crippen molar-refractivity contribution in [1.82, 2.24) is 5.32 Å². The van der Waals surface area contributed by atoms with Gasteiger partial charge in [0.2, 0.25) is 0 Å². The number of hydrogen-bond donors (Lipinski definition) is 1. The van der Waals surface area contributed by atoms with Crippen LogP contribution in [0.3, 0.4) is 0 Å². The van der Waals surface area contributed by atoms with Gasteiger partial charge in [-0.05, 0) is 42.2 Å². The molecule has 0 aliphatic carbocycles. The van der Waals surface area contributed by atoms with Crippen molar-refractivity contribution >= 4 is 12.0 Å². The number of nitrogens with zero attached hydrogens (tertiary/aromatic N) is 1. The van der Waals surface area contributed by atoms with Gasteiger partial charge in [-0.2, -0.15) is 5.26 Å². The minimum Gasteiger partial charge on any atom is -0.494 e. The van der Waals surface area contributed by atoms with Gasteiger partial charge in [0.15, 0.2) is 0 Å². The summed E-state index contributed by atoms with van der Waals surface area (Å²) in [5.41, 5.74) is 2.05. The first-order valence-electron chi connectivity index (χ1n) is 9.89. The first-order chi connectivity index (χ1) is 13.7. The maximum Gasteiger partial charge on any atom is 0.261 e. The lowest BCUT2D eigenvalue weighted by atomic mass is 10.1. The Balaban J connectivity index is 1.83. The molecule has 0 unspecified atom stereocenters. The van der Waals surface area contributed by atoms with Gasteiger partial charge in [-0.15, -0.1) is 0 Å².